The molecule has 1 aliphatic rings. The van der Waals surface area contributed by atoms with Crippen LogP contribution in [-0.4, -0.2) is 50.3 Å². The Morgan fingerprint density at radius 3 is 2.32 bits per heavy atom. The minimum Gasteiger partial charge on any atom is -0.494 e. The first kappa shape index (κ1) is 23.3. The van der Waals surface area contributed by atoms with Gasteiger partial charge in [0.05, 0.1) is 11.5 Å². The van der Waals surface area contributed by atoms with E-state index in [4.69, 9.17) is 4.74 Å². The fourth-order valence-electron chi connectivity index (χ4n) is 4.09. The molecule has 1 heterocycles. The number of rotatable bonds is 7. The molecule has 0 N–H and O–H groups in total. The van der Waals surface area contributed by atoms with Crippen molar-refractivity contribution in [2.75, 3.05) is 26.7 Å². The van der Waals surface area contributed by atoms with E-state index < -0.39 is 10.0 Å². The van der Waals surface area contributed by atoms with Crippen LogP contribution in [0.25, 0.3) is 0 Å². The molecule has 2 aromatic rings. The van der Waals surface area contributed by atoms with Gasteiger partial charge in [-0.05, 0) is 62.9 Å². The normalized spacial score (nSPS) is 15.6. The van der Waals surface area contributed by atoms with Crippen molar-refractivity contribution in [3.8, 4) is 5.75 Å². The number of benzene rings is 2. The highest BCUT2D eigenvalue weighted by molar-refractivity contribution is 7.89. The van der Waals surface area contributed by atoms with Crippen molar-refractivity contribution in [3.05, 3.63) is 59.2 Å². The van der Waals surface area contributed by atoms with Crippen LogP contribution in [0.15, 0.2) is 47.4 Å². The first-order valence-corrected chi connectivity index (χ1v) is 12.2. The lowest BCUT2D eigenvalue weighted by Gasteiger charge is -2.33. The molecule has 0 bridgehead atoms. The summed E-state index contributed by atoms with van der Waals surface area (Å²) in [5.74, 6) is 0.730. The highest BCUT2D eigenvalue weighted by atomic mass is 32.2. The second kappa shape index (κ2) is 9.83. The smallest absolute Gasteiger partial charge is 0.243 e. The van der Waals surface area contributed by atoms with Crippen molar-refractivity contribution >= 4 is 15.9 Å². The van der Waals surface area contributed by atoms with E-state index in [9.17, 15) is 13.2 Å². The van der Waals surface area contributed by atoms with E-state index >= 15 is 0 Å². The molecule has 1 aliphatic heterocycles. The van der Waals surface area contributed by atoms with Gasteiger partial charge in [0, 0.05) is 32.6 Å². The van der Waals surface area contributed by atoms with E-state index in [2.05, 4.69) is 0 Å². The summed E-state index contributed by atoms with van der Waals surface area (Å²) in [5, 5.41) is 0. The van der Waals surface area contributed by atoms with Crippen LogP contribution < -0.4 is 4.74 Å². The molecule has 0 atom stereocenters. The Labute approximate surface area is 185 Å². The molecule has 3 rings (SSSR count). The number of nitrogens with zero attached hydrogens (tertiary/aromatic N) is 2. The Kier molecular flexibility index (Phi) is 7.38. The zero-order valence-electron chi connectivity index (χ0n) is 18.8. The highest BCUT2D eigenvalue weighted by Gasteiger charge is 2.33. The molecule has 0 saturated carbocycles. The predicted octanol–water partition coefficient (Wildman–Crippen LogP) is 3.76. The Morgan fingerprint density at radius 2 is 1.74 bits per heavy atom. The first-order chi connectivity index (χ1) is 14.7. The van der Waals surface area contributed by atoms with Gasteiger partial charge in [-0.2, -0.15) is 4.31 Å². The minimum absolute atomic E-state index is 0.0671. The summed E-state index contributed by atoms with van der Waals surface area (Å²) in [6.45, 7) is 7.59. The van der Waals surface area contributed by atoms with Crippen LogP contribution >= 0.6 is 0 Å². The average Bonchev–Trinajstić information content (AvgIpc) is 2.74. The van der Waals surface area contributed by atoms with Crippen LogP contribution in [0.2, 0.25) is 0 Å². The van der Waals surface area contributed by atoms with Crippen molar-refractivity contribution in [2.24, 2.45) is 5.92 Å². The molecule has 1 amide bonds. The maximum absolute atomic E-state index is 13.1. The van der Waals surface area contributed by atoms with Crippen molar-refractivity contribution in [1.29, 1.82) is 0 Å². The number of carbonyl (C=O) groups excluding carboxylic acids is 1. The van der Waals surface area contributed by atoms with E-state index in [0.29, 0.717) is 44.0 Å². The van der Waals surface area contributed by atoms with Crippen LogP contribution in [0.1, 0.15) is 36.5 Å². The molecule has 0 aromatic heterocycles. The monoisotopic (exact) mass is 444 g/mol. The Balaban J connectivity index is 1.58. The lowest BCUT2D eigenvalue weighted by atomic mass is 9.96. The minimum atomic E-state index is -3.54. The lowest BCUT2D eigenvalue weighted by molar-refractivity contribution is -0.135. The fraction of sp³-hybridized carbons (Fsp3) is 0.458. The molecule has 0 unspecified atom stereocenters. The van der Waals surface area contributed by atoms with Gasteiger partial charge in [-0.1, -0.05) is 29.8 Å². The number of hydrogen-bond donors (Lipinski definition) is 0. The maximum Gasteiger partial charge on any atom is 0.243 e. The number of piperidine rings is 1. The summed E-state index contributed by atoms with van der Waals surface area (Å²) in [7, 11) is -1.74. The number of aryl methyl sites for hydroxylation is 2. The van der Waals surface area contributed by atoms with Gasteiger partial charge in [-0.15, -0.1) is 0 Å². The first-order valence-electron chi connectivity index (χ1n) is 10.8. The van der Waals surface area contributed by atoms with E-state index in [1.54, 1.807) is 18.0 Å². The topological polar surface area (TPSA) is 66.9 Å². The molecular weight excluding hydrogens is 412 g/mol. The second-order valence-corrected chi connectivity index (χ2v) is 10.1. The standard InChI is InChI=1S/C24H32N2O4S/c1-5-30-22-9-7-20(8-10-22)17-25(4)24(27)21-12-14-26(15-13-21)31(28,29)23-11-6-18(2)16-19(23)3/h6-11,16,21H,5,12-15,17H2,1-4H3. The summed E-state index contributed by atoms with van der Waals surface area (Å²) in [6, 6.07) is 13.1. The van der Waals surface area contributed by atoms with Gasteiger partial charge >= 0.3 is 0 Å². The molecule has 7 heteroatoms. The lowest BCUT2D eigenvalue weighted by Crippen LogP contribution is -2.43. The summed E-state index contributed by atoms with van der Waals surface area (Å²) < 4.78 is 33.1. The van der Waals surface area contributed by atoms with E-state index in [1.807, 2.05) is 57.2 Å². The molecule has 1 fully saturated rings. The van der Waals surface area contributed by atoms with E-state index in [1.165, 1.54) is 4.31 Å². The Morgan fingerprint density at radius 1 is 1.10 bits per heavy atom. The summed E-state index contributed by atoms with van der Waals surface area (Å²) in [4.78, 5) is 15.0. The van der Waals surface area contributed by atoms with Crippen LogP contribution in [0.3, 0.4) is 0 Å². The number of ether oxygens (including phenoxy) is 1. The molecular formula is C24H32N2O4S. The van der Waals surface area contributed by atoms with E-state index in [-0.39, 0.29) is 11.8 Å². The van der Waals surface area contributed by atoms with Crippen LogP contribution in [0, 0.1) is 19.8 Å². The molecule has 168 valence electrons. The highest BCUT2D eigenvalue weighted by Crippen LogP contribution is 2.27. The van der Waals surface area contributed by atoms with Crippen LogP contribution in [0.5, 0.6) is 5.75 Å². The van der Waals surface area contributed by atoms with Gasteiger partial charge in [-0.3, -0.25) is 4.79 Å². The molecule has 2 aromatic carbocycles. The summed E-state index contributed by atoms with van der Waals surface area (Å²) in [6.07, 6.45) is 1.08. The zero-order chi connectivity index (χ0) is 22.6. The second-order valence-electron chi connectivity index (χ2n) is 8.22. The van der Waals surface area contributed by atoms with Gasteiger partial charge in [0.1, 0.15) is 5.75 Å². The molecule has 31 heavy (non-hydrogen) atoms. The third-order valence-electron chi connectivity index (χ3n) is 5.78. The van der Waals surface area contributed by atoms with Gasteiger partial charge < -0.3 is 9.64 Å². The number of sulfonamides is 1. The van der Waals surface area contributed by atoms with Gasteiger partial charge in [0.2, 0.25) is 15.9 Å². The van der Waals surface area contributed by atoms with Crippen LogP contribution in [-0.2, 0) is 21.4 Å². The number of amides is 1. The largest absolute Gasteiger partial charge is 0.494 e. The Hall–Kier alpha value is -2.38. The average molecular weight is 445 g/mol. The maximum atomic E-state index is 13.1. The molecule has 0 aliphatic carbocycles. The predicted molar refractivity (Wildman–Crippen MR) is 121 cm³/mol. The van der Waals surface area contributed by atoms with E-state index in [0.717, 1.165) is 22.4 Å². The fourth-order valence-corrected chi connectivity index (χ4v) is 5.77. The van der Waals surface area contributed by atoms with Crippen LogP contribution in [0.4, 0.5) is 0 Å². The molecule has 6 nitrogen and oxygen atoms in total. The summed E-state index contributed by atoms with van der Waals surface area (Å²) >= 11 is 0. The van der Waals surface area contributed by atoms with Gasteiger partial charge in [-0.25, -0.2) is 8.42 Å². The van der Waals surface area contributed by atoms with Gasteiger partial charge in [0.25, 0.3) is 0 Å². The van der Waals surface area contributed by atoms with Gasteiger partial charge in [0.15, 0.2) is 0 Å². The SMILES string of the molecule is CCOc1ccc(CN(C)C(=O)C2CCN(S(=O)(=O)c3ccc(C)cc3C)CC2)cc1. The van der Waals surface area contributed by atoms with Crippen molar-refractivity contribution in [3.63, 3.8) is 0 Å². The summed E-state index contributed by atoms with van der Waals surface area (Å²) in [5.41, 5.74) is 2.83. The molecule has 0 spiro atoms. The third kappa shape index (κ3) is 5.46. The number of hydrogen-bond acceptors (Lipinski definition) is 4. The van der Waals surface area contributed by atoms with Crippen molar-refractivity contribution in [1.82, 2.24) is 9.21 Å². The quantitative estimate of drug-likeness (QED) is 0.652. The van der Waals surface area contributed by atoms with Crippen molar-refractivity contribution < 1.29 is 17.9 Å². The number of carbonyl (C=O) groups is 1. The molecule has 1 saturated heterocycles. The third-order valence-corrected chi connectivity index (χ3v) is 7.84. The Bertz CT molecular complexity index is 1010. The van der Waals surface area contributed by atoms with Crippen molar-refractivity contribution in [2.45, 2.75) is 45.1 Å². The zero-order valence-corrected chi connectivity index (χ0v) is 19.6. The molecule has 0 radical (unpaired) electrons.